The summed E-state index contributed by atoms with van der Waals surface area (Å²) >= 11 is 0. The zero-order valence-corrected chi connectivity index (χ0v) is 12.2. The first-order valence-corrected chi connectivity index (χ1v) is 7.38. The summed E-state index contributed by atoms with van der Waals surface area (Å²) in [7, 11) is 0. The van der Waals surface area contributed by atoms with Crippen LogP contribution < -0.4 is 5.32 Å². The summed E-state index contributed by atoms with van der Waals surface area (Å²) < 4.78 is 0. The lowest BCUT2D eigenvalue weighted by Crippen LogP contribution is -2.22. The van der Waals surface area contributed by atoms with Gasteiger partial charge < -0.3 is 5.32 Å². The van der Waals surface area contributed by atoms with Crippen LogP contribution in [0.2, 0.25) is 0 Å². The highest BCUT2D eigenvalue weighted by molar-refractivity contribution is 5.82. The number of nitrogens with zero attached hydrogens (tertiary/aromatic N) is 2. The van der Waals surface area contributed by atoms with Crippen molar-refractivity contribution >= 4 is 11.4 Å². The average Bonchev–Trinajstić information content (AvgIpc) is 2.92. The summed E-state index contributed by atoms with van der Waals surface area (Å²) in [5.41, 5.74) is 5.42. The lowest BCUT2D eigenvalue weighted by Gasteiger charge is -2.25. The monoisotopic (exact) mass is 285 g/mol. The molecule has 2 aliphatic rings. The second-order valence-corrected chi connectivity index (χ2v) is 5.80. The van der Waals surface area contributed by atoms with E-state index in [9.17, 15) is 5.26 Å². The molecule has 0 saturated carbocycles. The number of anilines is 1. The Balaban J connectivity index is 1.90. The molecule has 2 heterocycles. The molecule has 3 heteroatoms. The van der Waals surface area contributed by atoms with Crippen LogP contribution in [0.15, 0.2) is 60.3 Å². The molecule has 2 aromatic rings. The third-order valence-corrected chi connectivity index (χ3v) is 4.29. The van der Waals surface area contributed by atoms with Crippen LogP contribution in [-0.2, 0) is 0 Å². The van der Waals surface area contributed by atoms with Gasteiger partial charge in [0, 0.05) is 17.7 Å². The molecule has 106 valence electrons. The minimum atomic E-state index is 0.0964. The molecule has 2 unspecified atom stereocenters. The summed E-state index contributed by atoms with van der Waals surface area (Å²) in [4.78, 5) is 4.51. The Morgan fingerprint density at radius 2 is 2.05 bits per heavy atom. The van der Waals surface area contributed by atoms with Crippen LogP contribution >= 0.6 is 0 Å². The lowest BCUT2D eigenvalue weighted by molar-refractivity contribution is 0.818. The van der Waals surface area contributed by atoms with Gasteiger partial charge in [-0.15, -0.1) is 0 Å². The molecule has 22 heavy (non-hydrogen) atoms. The van der Waals surface area contributed by atoms with Gasteiger partial charge in [0.25, 0.3) is 0 Å². The van der Waals surface area contributed by atoms with Crippen LogP contribution in [0.4, 0.5) is 5.82 Å². The van der Waals surface area contributed by atoms with Crippen LogP contribution in [0.25, 0.3) is 5.57 Å². The van der Waals surface area contributed by atoms with E-state index in [-0.39, 0.29) is 12.0 Å². The van der Waals surface area contributed by atoms with Gasteiger partial charge in [-0.1, -0.05) is 36.4 Å². The van der Waals surface area contributed by atoms with E-state index in [0.717, 1.165) is 16.9 Å². The second kappa shape index (κ2) is 4.85. The molecule has 1 aliphatic heterocycles. The average molecular weight is 285 g/mol. The molecule has 0 saturated heterocycles. The fourth-order valence-electron chi connectivity index (χ4n) is 3.34. The fourth-order valence-corrected chi connectivity index (χ4v) is 3.34. The highest BCUT2D eigenvalue weighted by atomic mass is 15.1. The summed E-state index contributed by atoms with van der Waals surface area (Å²) in [6, 6.07) is 14.9. The summed E-state index contributed by atoms with van der Waals surface area (Å²) in [5.74, 6) is 1.14. The van der Waals surface area contributed by atoms with Crippen molar-refractivity contribution in [2.45, 2.75) is 18.9 Å². The Bertz CT molecular complexity index is 841. The predicted molar refractivity (Wildman–Crippen MR) is 87.2 cm³/mol. The molecule has 1 aromatic carbocycles. The molecule has 0 spiro atoms. The van der Waals surface area contributed by atoms with Gasteiger partial charge in [0.05, 0.1) is 17.7 Å². The minimum absolute atomic E-state index is 0.0964. The van der Waals surface area contributed by atoms with Crippen molar-refractivity contribution in [3.63, 3.8) is 0 Å². The molecule has 0 radical (unpaired) electrons. The predicted octanol–water partition coefficient (Wildman–Crippen LogP) is 3.81. The van der Waals surface area contributed by atoms with Crippen LogP contribution in [0.3, 0.4) is 0 Å². The standard InChI is InChI=1S/C19H15N3/c1-12-7-16-18-15(14-5-3-2-4-6-14)8-13(10-20)9-17(18)22-19(16)21-11-12/h2-9,11,17-18H,1H3,(H,21,22). The van der Waals surface area contributed by atoms with Crippen molar-refractivity contribution in [3.8, 4) is 6.07 Å². The van der Waals surface area contributed by atoms with E-state index < -0.39 is 0 Å². The van der Waals surface area contributed by atoms with Crippen molar-refractivity contribution in [2.24, 2.45) is 0 Å². The molecule has 1 aliphatic carbocycles. The topological polar surface area (TPSA) is 48.7 Å². The van der Waals surface area contributed by atoms with Gasteiger partial charge >= 0.3 is 0 Å². The van der Waals surface area contributed by atoms with Crippen molar-refractivity contribution < 1.29 is 0 Å². The smallest absolute Gasteiger partial charge is 0.130 e. The van der Waals surface area contributed by atoms with Crippen molar-refractivity contribution in [1.82, 2.24) is 4.98 Å². The molecule has 2 atom stereocenters. The lowest BCUT2D eigenvalue weighted by atomic mass is 9.79. The van der Waals surface area contributed by atoms with Crippen LogP contribution in [0.1, 0.15) is 22.6 Å². The molecular weight excluding hydrogens is 270 g/mol. The first-order valence-electron chi connectivity index (χ1n) is 7.38. The number of hydrogen-bond donors (Lipinski definition) is 1. The fraction of sp³-hybridized carbons (Fsp3) is 0.158. The van der Waals surface area contributed by atoms with Gasteiger partial charge in [-0.25, -0.2) is 4.98 Å². The zero-order chi connectivity index (χ0) is 15.1. The quantitative estimate of drug-likeness (QED) is 0.866. The van der Waals surface area contributed by atoms with Crippen LogP contribution in [0, 0.1) is 18.3 Å². The van der Waals surface area contributed by atoms with Gasteiger partial charge in [0.15, 0.2) is 0 Å². The maximum Gasteiger partial charge on any atom is 0.130 e. The van der Waals surface area contributed by atoms with Gasteiger partial charge in [-0.3, -0.25) is 0 Å². The maximum atomic E-state index is 9.33. The normalized spacial score (nSPS) is 21.8. The van der Waals surface area contributed by atoms with E-state index in [0.29, 0.717) is 5.57 Å². The molecule has 1 N–H and O–H groups in total. The third kappa shape index (κ3) is 1.93. The number of rotatable bonds is 1. The third-order valence-electron chi connectivity index (χ3n) is 4.29. The highest BCUT2D eigenvalue weighted by Gasteiger charge is 2.37. The number of hydrogen-bond acceptors (Lipinski definition) is 3. The number of fused-ring (bicyclic) bond motifs is 3. The number of aromatic nitrogens is 1. The Kier molecular flexibility index (Phi) is 2.83. The van der Waals surface area contributed by atoms with E-state index in [2.05, 4.69) is 41.5 Å². The molecular formula is C19H15N3. The number of aryl methyl sites for hydroxylation is 1. The number of nitrogens with one attached hydrogen (secondary N) is 1. The van der Waals surface area contributed by atoms with Gasteiger partial charge in [0.2, 0.25) is 0 Å². The van der Waals surface area contributed by atoms with Gasteiger partial charge in [-0.05, 0) is 35.8 Å². The van der Waals surface area contributed by atoms with Crippen molar-refractivity contribution in [2.75, 3.05) is 5.32 Å². The molecule has 1 aromatic heterocycles. The van der Waals surface area contributed by atoms with E-state index in [1.54, 1.807) is 0 Å². The number of benzene rings is 1. The summed E-state index contributed by atoms with van der Waals surface area (Å²) in [5, 5.41) is 12.8. The first-order chi connectivity index (χ1) is 10.8. The summed E-state index contributed by atoms with van der Waals surface area (Å²) in [6.45, 7) is 2.06. The Hall–Kier alpha value is -2.86. The van der Waals surface area contributed by atoms with E-state index >= 15 is 0 Å². The maximum absolute atomic E-state index is 9.33. The largest absolute Gasteiger partial charge is 0.363 e. The highest BCUT2D eigenvalue weighted by Crippen LogP contribution is 2.46. The minimum Gasteiger partial charge on any atom is -0.363 e. The SMILES string of the molecule is Cc1cnc2c(c1)C1C(c3ccccc3)=CC(C#N)=CC1N2. The Morgan fingerprint density at radius 1 is 1.23 bits per heavy atom. The van der Waals surface area contributed by atoms with Crippen LogP contribution in [-0.4, -0.2) is 11.0 Å². The molecule has 0 fully saturated rings. The molecule has 4 rings (SSSR count). The van der Waals surface area contributed by atoms with Crippen LogP contribution in [0.5, 0.6) is 0 Å². The zero-order valence-electron chi connectivity index (χ0n) is 12.2. The Morgan fingerprint density at radius 3 is 2.82 bits per heavy atom. The number of pyridine rings is 1. The molecule has 0 amide bonds. The van der Waals surface area contributed by atoms with E-state index in [1.807, 2.05) is 36.5 Å². The van der Waals surface area contributed by atoms with E-state index in [4.69, 9.17) is 0 Å². The molecule has 0 bridgehead atoms. The molecule has 3 nitrogen and oxygen atoms in total. The number of nitriles is 1. The second-order valence-electron chi connectivity index (χ2n) is 5.80. The summed E-state index contributed by atoms with van der Waals surface area (Å²) in [6.07, 6.45) is 5.90. The number of allylic oxidation sites excluding steroid dienone is 2. The van der Waals surface area contributed by atoms with Gasteiger partial charge in [-0.2, -0.15) is 5.26 Å². The van der Waals surface area contributed by atoms with E-state index in [1.165, 1.54) is 11.1 Å². The van der Waals surface area contributed by atoms with Crippen molar-refractivity contribution in [3.05, 3.63) is 77.0 Å². The first kappa shape index (κ1) is 12.8. The van der Waals surface area contributed by atoms with Gasteiger partial charge in [0.1, 0.15) is 5.82 Å². The Labute approximate surface area is 129 Å². The van der Waals surface area contributed by atoms with Crippen molar-refractivity contribution in [1.29, 1.82) is 5.26 Å².